The highest BCUT2D eigenvalue weighted by atomic mass is 35.5. The molecule has 0 unspecified atom stereocenters. The van der Waals surface area contributed by atoms with Crippen molar-refractivity contribution >= 4 is 46.4 Å². The molecule has 0 bridgehead atoms. The number of hydrogen-bond donors (Lipinski definition) is 1. The number of carbonyl (C=O) groups excluding carboxylic acids is 1. The van der Waals surface area contributed by atoms with Gasteiger partial charge in [0.2, 0.25) is 5.91 Å². The highest BCUT2D eigenvalue weighted by Gasteiger charge is 2.14. The minimum Gasteiger partial charge on any atom is -0.494 e. The van der Waals surface area contributed by atoms with Gasteiger partial charge in [-0.2, -0.15) is 5.10 Å². The van der Waals surface area contributed by atoms with E-state index in [2.05, 4.69) is 10.4 Å². The minimum atomic E-state index is -0.670. The smallest absolute Gasteiger partial charge is 0.287 e. The van der Waals surface area contributed by atoms with E-state index in [9.17, 15) is 9.59 Å². The van der Waals surface area contributed by atoms with Gasteiger partial charge in [-0.05, 0) is 49.4 Å². The molecular formula is C20H16Cl3N3O4. The molecule has 0 radical (unpaired) electrons. The Kier molecular flexibility index (Phi) is 7.20. The Morgan fingerprint density at radius 1 is 1.10 bits per heavy atom. The second-order valence-corrected chi connectivity index (χ2v) is 7.19. The van der Waals surface area contributed by atoms with Gasteiger partial charge in [-0.3, -0.25) is 9.59 Å². The number of ether oxygens (including phenoxy) is 2. The van der Waals surface area contributed by atoms with Gasteiger partial charge in [-0.1, -0.05) is 34.8 Å². The number of anilines is 1. The molecule has 1 N–H and O–H groups in total. The zero-order valence-electron chi connectivity index (χ0n) is 15.7. The van der Waals surface area contributed by atoms with Gasteiger partial charge >= 0.3 is 0 Å². The first-order valence-electron chi connectivity index (χ1n) is 8.78. The second-order valence-electron chi connectivity index (χ2n) is 5.96. The number of benzene rings is 2. The Morgan fingerprint density at radius 3 is 2.50 bits per heavy atom. The zero-order valence-corrected chi connectivity index (χ0v) is 18.0. The molecule has 2 aromatic carbocycles. The Bertz CT molecular complexity index is 1120. The van der Waals surface area contributed by atoms with E-state index in [4.69, 9.17) is 44.3 Å². The summed E-state index contributed by atoms with van der Waals surface area (Å²) in [4.78, 5) is 24.5. The third-order valence-corrected chi connectivity index (χ3v) is 4.80. The van der Waals surface area contributed by atoms with Gasteiger partial charge in [0, 0.05) is 5.02 Å². The average molecular weight is 469 g/mol. The first kappa shape index (κ1) is 22.0. The van der Waals surface area contributed by atoms with Crippen molar-refractivity contribution in [2.45, 2.75) is 13.5 Å². The molecule has 156 valence electrons. The number of halogens is 3. The summed E-state index contributed by atoms with van der Waals surface area (Å²) in [5.41, 5.74) is -0.342. The Labute approximate surface area is 187 Å². The number of nitrogens with zero attached hydrogens (tertiary/aromatic N) is 2. The summed E-state index contributed by atoms with van der Waals surface area (Å²) in [6, 6.07) is 11.8. The topological polar surface area (TPSA) is 82.4 Å². The minimum absolute atomic E-state index is 0.0132. The maximum absolute atomic E-state index is 12.5. The summed E-state index contributed by atoms with van der Waals surface area (Å²) in [5, 5.41) is 6.68. The Hall–Kier alpha value is -2.74. The summed E-state index contributed by atoms with van der Waals surface area (Å²) < 4.78 is 12.2. The van der Waals surface area contributed by atoms with Crippen molar-refractivity contribution in [3.63, 3.8) is 0 Å². The lowest BCUT2D eigenvalue weighted by Crippen LogP contribution is -2.29. The maximum Gasteiger partial charge on any atom is 0.287 e. The SMILES string of the molecule is CCOc1ccc(Oc2ccc(Cl)cc2NC(=O)Cn2ncc(Cl)c(Cl)c2=O)cc1. The molecule has 3 aromatic rings. The molecule has 0 aliphatic carbocycles. The Balaban J connectivity index is 1.77. The van der Waals surface area contributed by atoms with Gasteiger partial charge in [0.05, 0.1) is 23.5 Å². The summed E-state index contributed by atoms with van der Waals surface area (Å²) >= 11 is 17.6. The van der Waals surface area contributed by atoms with E-state index in [1.54, 1.807) is 36.4 Å². The van der Waals surface area contributed by atoms with Crippen molar-refractivity contribution in [2.75, 3.05) is 11.9 Å². The van der Waals surface area contributed by atoms with Crippen LogP contribution in [-0.2, 0) is 11.3 Å². The van der Waals surface area contributed by atoms with Crippen LogP contribution >= 0.6 is 34.8 Å². The quantitative estimate of drug-likeness (QED) is 0.526. The fourth-order valence-electron chi connectivity index (χ4n) is 2.47. The van der Waals surface area contributed by atoms with Crippen molar-refractivity contribution < 1.29 is 14.3 Å². The second kappa shape index (κ2) is 9.84. The monoisotopic (exact) mass is 467 g/mol. The lowest BCUT2D eigenvalue weighted by atomic mass is 10.2. The van der Waals surface area contributed by atoms with Gasteiger partial charge in [0.1, 0.15) is 23.1 Å². The van der Waals surface area contributed by atoms with Crippen LogP contribution < -0.4 is 20.3 Å². The number of hydrogen-bond acceptors (Lipinski definition) is 5. The highest BCUT2D eigenvalue weighted by molar-refractivity contribution is 6.41. The van der Waals surface area contributed by atoms with E-state index in [0.29, 0.717) is 34.6 Å². The van der Waals surface area contributed by atoms with E-state index in [1.165, 1.54) is 12.3 Å². The molecule has 7 nitrogen and oxygen atoms in total. The molecular weight excluding hydrogens is 453 g/mol. The fraction of sp³-hybridized carbons (Fsp3) is 0.150. The summed E-state index contributed by atoms with van der Waals surface area (Å²) in [5.74, 6) is 1.10. The molecule has 1 aromatic heterocycles. The number of amides is 1. The molecule has 30 heavy (non-hydrogen) atoms. The van der Waals surface area contributed by atoms with Crippen LogP contribution in [-0.4, -0.2) is 22.3 Å². The Morgan fingerprint density at radius 2 is 1.80 bits per heavy atom. The standard InChI is InChI=1S/C20H16Cl3N3O4/c1-2-29-13-4-6-14(7-5-13)30-17-8-3-12(21)9-16(17)25-18(27)11-26-20(28)19(23)15(22)10-24-26/h3-10H,2,11H2,1H3,(H,25,27). The zero-order chi connectivity index (χ0) is 21.7. The fourth-order valence-corrected chi connectivity index (χ4v) is 2.91. The van der Waals surface area contributed by atoms with Crippen LogP contribution in [0.5, 0.6) is 17.2 Å². The van der Waals surface area contributed by atoms with E-state index >= 15 is 0 Å². The molecule has 3 rings (SSSR count). The molecule has 0 fully saturated rings. The molecule has 0 aliphatic rings. The lowest BCUT2D eigenvalue weighted by Gasteiger charge is -2.13. The van der Waals surface area contributed by atoms with Crippen molar-refractivity contribution in [1.82, 2.24) is 9.78 Å². The van der Waals surface area contributed by atoms with Crippen molar-refractivity contribution in [2.24, 2.45) is 0 Å². The molecule has 10 heteroatoms. The molecule has 0 saturated carbocycles. The van der Waals surface area contributed by atoms with Gasteiger partial charge in [-0.25, -0.2) is 4.68 Å². The highest BCUT2D eigenvalue weighted by Crippen LogP contribution is 2.32. The van der Waals surface area contributed by atoms with E-state index < -0.39 is 11.5 Å². The number of carbonyl (C=O) groups is 1. The van der Waals surface area contributed by atoms with Crippen molar-refractivity contribution in [3.05, 3.63) is 74.1 Å². The number of rotatable bonds is 7. The van der Waals surface area contributed by atoms with E-state index in [1.807, 2.05) is 6.92 Å². The number of nitrogens with one attached hydrogen (secondary N) is 1. The van der Waals surface area contributed by atoms with Gasteiger partial charge in [-0.15, -0.1) is 0 Å². The molecule has 0 aliphatic heterocycles. The maximum atomic E-state index is 12.5. The van der Waals surface area contributed by atoms with Gasteiger partial charge in [0.15, 0.2) is 5.75 Å². The third kappa shape index (κ3) is 5.44. The summed E-state index contributed by atoms with van der Waals surface area (Å²) in [6.07, 6.45) is 1.19. The van der Waals surface area contributed by atoms with Crippen LogP contribution in [0, 0.1) is 0 Å². The number of aromatic nitrogens is 2. The van der Waals surface area contributed by atoms with Gasteiger partial charge in [0.25, 0.3) is 5.56 Å². The molecule has 1 heterocycles. The van der Waals surface area contributed by atoms with E-state index in [-0.39, 0.29) is 16.6 Å². The largest absolute Gasteiger partial charge is 0.494 e. The summed E-state index contributed by atoms with van der Waals surface area (Å²) in [6.45, 7) is 2.09. The molecule has 0 saturated heterocycles. The van der Waals surface area contributed by atoms with Crippen molar-refractivity contribution in [3.8, 4) is 17.2 Å². The summed E-state index contributed by atoms with van der Waals surface area (Å²) in [7, 11) is 0. The first-order valence-corrected chi connectivity index (χ1v) is 9.92. The van der Waals surface area contributed by atoms with Crippen LogP contribution in [0.25, 0.3) is 0 Å². The van der Waals surface area contributed by atoms with Crippen LogP contribution in [0.15, 0.2) is 53.5 Å². The molecule has 1 amide bonds. The van der Waals surface area contributed by atoms with Crippen molar-refractivity contribution in [1.29, 1.82) is 0 Å². The predicted octanol–water partition coefficient (Wildman–Crippen LogP) is 5.03. The normalized spacial score (nSPS) is 10.5. The van der Waals surface area contributed by atoms with Crippen LogP contribution in [0.2, 0.25) is 15.1 Å². The first-order chi connectivity index (χ1) is 14.4. The molecule has 0 atom stereocenters. The van der Waals surface area contributed by atoms with Crippen LogP contribution in [0.1, 0.15) is 6.92 Å². The van der Waals surface area contributed by atoms with Crippen LogP contribution in [0.3, 0.4) is 0 Å². The average Bonchev–Trinajstić information content (AvgIpc) is 2.72. The van der Waals surface area contributed by atoms with Crippen LogP contribution in [0.4, 0.5) is 5.69 Å². The molecule has 0 spiro atoms. The van der Waals surface area contributed by atoms with E-state index in [0.717, 1.165) is 4.68 Å². The third-order valence-electron chi connectivity index (χ3n) is 3.81. The van der Waals surface area contributed by atoms with Gasteiger partial charge < -0.3 is 14.8 Å². The predicted molar refractivity (Wildman–Crippen MR) is 116 cm³/mol. The lowest BCUT2D eigenvalue weighted by molar-refractivity contribution is -0.117.